The molecule has 2 aromatic carbocycles. The number of methoxy groups -OCH3 is 3. The molecule has 0 atom stereocenters. The molecule has 0 aliphatic carbocycles. The summed E-state index contributed by atoms with van der Waals surface area (Å²) in [5.41, 5.74) is 3.72. The van der Waals surface area contributed by atoms with Crippen molar-refractivity contribution in [2.75, 3.05) is 21.3 Å². The van der Waals surface area contributed by atoms with Crippen molar-refractivity contribution in [1.82, 2.24) is 15.1 Å². The van der Waals surface area contributed by atoms with E-state index in [0.717, 1.165) is 33.6 Å². The Kier molecular flexibility index (Phi) is 5.63. The number of nitrogens with zero attached hydrogens (tertiary/aromatic N) is 2. The summed E-state index contributed by atoms with van der Waals surface area (Å²) in [5.74, 6) is 2.64. The number of rotatable bonds is 8. The van der Waals surface area contributed by atoms with Gasteiger partial charge in [-0.15, -0.1) is 0 Å². The standard InChI is InChI=1S/C23H25N3O4/c1-26-14-17(21(25-26)20-11-15-7-5-6-8-18(15)30-20)13-24-12-16-9-10-19(27-2)23(29-4)22(16)28-3/h5-11,14,24H,12-13H2,1-4H3. The number of benzene rings is 2. The average Bonchev–Trinajstić information content (AvgIpc) is 3.36. The Labute approximate surface area is 175 Å². The fraction of sp³-hybridized carbons (Fsp3) is 0.261. The van der Waals surface area contributed by atoms with Crippen molar-refractivity contribution in [1.29, 1.82) is 0 Å². The van der Waals surface area contributed by atoms with E-state index in [1.807, 2.05) is 55.7 Å². The van der Waals surface area contributed by atoms with Crippen molar-refractivity contribution in [3.63, 3.8) is 0 Å². The fourth-order valence-electron chi connectivity index (χ4n) is 3.61. The molecule has 30 heavy (non-hydrogen) atoms. The molecular formula is C23H25N3O4. The molecule has 0 aliphatic rings. The minimum Gasteiger partial charge on any atom is -0.493 e. The molecule has 0 bridgehead atoms. The van der Waals surface area contributed by atoms with Gasteiger partial charge in [0.25, 0.3) is 0 Å². The molecule has 1 N–H and O–H groups in total. The van der Waals surface area contributed by atoms with Gasteiger partial charge in [-0.1, -0.05) is 24.3 Å². The molecule has 4 rings (SSSR count). The largest absolute Gasteiger partial charge is 0.493 e. The second kappa shape index (κ2) is 8.51. The molecule has 4 aromatic rings. The third kappa shape index (κ3) is 3.71. The van der Waals surface area contributed by atoms with E-state index in [1.165, 1.54) is 0 Å². The number of hydrogen-bond acceptors (Lipinski definition) is 6. The van der Waals surface area contributed by atoms with Crippen LogP contribution in [0, 0.1) is 0 Å². The zero-order valence-corrected chi connectivity index (χ0v) is 17.6. The van der Waals surface area contributed by atoms with Gasteiger partial charge in [0.15, 0.2) is 17.3 Å². The summed E-state index contributed by atoms with van der Waals surface area (Å²) in [6, 6.07) is 13.8. The van der Waals surface area contributed by atoms with Gasteiger partial charge in [0, 0.05) is 42.8 Å². The minimum atomic E-state index is 0.587. The van der Waals surface area contributed by atoms with E-state index in [9.17, 15) is 0 Å². The highest BCUT2D eigenvalue weighted by atomic mass is 16.5. The van der Waals surface area contributed by atoms with Crippen LogP contribution in [0.3, 0.4) is 0 Å². The summed E-state index contributed by atoms with van der Waals surface area (Å²) >= 11 is 0. The molecule has 7 heteroatoms. The van der Waals surface area contributed by atoms with Crippen molar-refractivity contribution < 1.29 is 18.6 Å². The maximum atomic E-state index is 6.01. The van der Waals surface area contributed by atoms with Crippen molar-refractivity contribution in [2.24, 2.45) is 7.05 Å². The number of ether oxygens (including phenoxy) is 3. The number of hydrogen-bond donors (Lipinski definition) is 1. The van der Waals surface area contributed by atoms with E-state index in [0.29, 0.717) is 30.3 Å². The van der Waals surface area contributed by atoms with Crippen LogP contribution in [-0.2, 0) is 20.1 Å². The van der Waals surface area contributed by atoms with Gasteiger partial charge in [0.05, 0.1) is 21.3 Å². The molecule has 7 nitrogen and oxygen atoms in total. The first-order chi connectivity index (χ1) is 14.6. The summed E-state index contributed by atoms with van der Waals surface area (Å²) in [6.07, 6.45) is 2.00. The molecule has 0 saturated heterocycles. The maximum absolute atomic E-state index is 6.01. The van der Waals surface area contributed by atoms with Crippen molar-refractivity contribution in [2.45, 2.75) is 13.1 Å². The zero-order chi connectivity index (χ0) is 21.1. The second-order valence-corrected chi connectivity index (χ2v) is 6.92. The number of nitrogens with one attached hydrogen (secondary N) is 1. The van der Waals surface area contributed by atoms with E-state index in [2.05, 4.69) is 10.4 Å². The number of aryl methyl sites for hydroxylation is 1. The highest BCUT2D eigenvalue weighted by molar-refractivity contribution is 5.82. The zero-order valence-electron chi connectivity index (χ0n) is 17.6. The molecule has 156 valence electrons. The molecule has 2 aromatic heterocycles. The van der Waals surface area contributed by atoms with E-state index < -0.39 is 0 Å². The predicted octanol–water partition coefficient (Wildman–Crippen LogP) is 4.15. The lowest BCUT2D eigenvalue weighted by Crippen LogP contribution is -2.14. The number of aromatic nitrogens is 2. The lowest BCUT2D eigenvalue weighted by molar-refractivity contribution is 0.321. The van der Waals surface area contributed by atoms with E-state index >= 15 is 0 Å². The Balaban J connectivity index is 1.54. The van der Waals surface area contributed by atoms with Gasteiger partial charge in [-0.05, 0) is 18.2 Å². The van der Waals surface area contributed by atoms with Crippen molar-refractivity contribution >= 4 is 11.0 Å². The summed E-state index contributed by atoms with van der Waals surface area (Å²) in [5, 5.41) is 9.14. The highest BCUT2D eigenvalue weighted by Crippen LogP contribution is 2.39. The Morgan fingerprint density at radius 3 is 2.43 bits per heavy atom. The summed E-state index contributed by atoms with van der Waals surface area (Å²) < 4.78 is 24.2. The van der Waals surface area contributed by atoms with Gasteiger partial charge in [-0.3, -0.25) is 4.68 Å². The smallest absolute Gasteiger partial charge is 0.203 e. The van der Waals surface area contributed by atoms with Crippen LogP contribution in [0.5, 0.6) is 17.2 Å². The van der Waals surface area contributed by atoms with Gasteiger partial charge in [-0.2, -0.15) is 5.10 Å². The number of para-hydroxylation sites is 1. The number of fused-ring (bicyclic) bond motifs is 1. The van der Waals surface area contributed by atoms with Crippen LogP contribution >= 0.6 is 0 Å². The first-order valence-corrected chi connectivity index (χ1v) is 9.64. The molecule has 0 fully saturated rings. The van der Waals surface area contributed by atoms with Crippen LogP contribution in [0.15, 0.2) is 53.1 Å². The van der Waals surface area contributed by atoms with Gasteiger partial charge in [0.1, 0.15) is 11.3 Å². The topological polar surface area (TPSA) is 70.7 Å². The predicted molar refractivity (Wildman–Crippen MR) is 115 cm³/mol. The van der Waals surface area contributed by atoms with E-state index in [-0.39, 0.29) is 0 Å². The normalized spacial score (nSPS) is 11.1. The summed E-state index contributed by atoms with van der Waals surface area (Å²) in [4.78, 5) is 0. The van der Waals surface area contributed by atoms with Crippen LogP contribution in [-0.4, -0.2) is 31.1 Å². The van der Waals surface area contributed by atoms with E-state index in [4.69, 9.17) is 18.6 Å². The Morgan fingerprint density at radius 2 is 1.70 bits per heavy atom. The Hall–Kier alpha value is -3.45. The maximum Gasteiger partial charge on any atom is 0.203 e. The van der Waals surface area contributed by atoms with Gasteiger partial charge in [-0.25, -0.2) is 0 Å². The monoisotopic (exact) mass is 407 g/mol. The van der Waals surface area contributed by atoms with E-state index in [1.54, 1.807) is 26.0 Å². The van der Waals surface area contributed by atoms with Crippen LogP contribution < -0.4 is 19.5 Å². The molecule has 0 aliphatic heterocycles. The quantitative estimate of drug-likeness (QED) is 0.473. The average molecular weight is 407 g/mol. The lowest BCUT2D eigenvalue weighted by Gasteiger charge is -2.16. The van der Waals surface area contributed by atoms with Gasteiger partial charge in [0.2, 0.25) is 5.75 Å². The third-order valence-electron chi connectivity index (χ3n) is 4.98. The Bertz CT molecular complexity index is 1130. The van der Waals surface area contributed by atoms with Crippen LogP contribution in [0.2, 0.25) is 0 Å². The van der Waals surface area contributed by atoms with Crippen molar-refractivity contribution in [3.05, 3.63) is 59.8 Å². The fourth-order valence-corrected chi connectivity index (χ4v) is 3.61. The second-order valence-electron chi connectivity index (χ2n) is 6.92. The van der Waals surface area contributed by atoms with Gasteiger partial charge < -0.3 is 23.9 Å². The lowest BCUT2D eigenvalue weighted by atomic mass is 10.1. The van der Waals surface area contributed by atoms with Crippen molar-refractivity contribution in [3.8, 4) is 28.7 Å². The SMILES string of the molecule is COc1ccc(CNCc2cn(C)nc2-c2cc3ccccc3o2)c(OC)c1OC. The summed E-state index contributed by atoms with van der Waals surface area (Å²) in [7, 11) is 6.75. The van der Waals surface area contributed by atoms with Crippen LogP contribution in [0.1, 0.15) is 11.1 Å². The number of furan rings is 1. The Morgan fingerprint density at radius 1 is 0.933 bits per heavy atom. The minimum absolute atomic E-state index is 0.587. The molecule has 0 radical (unpaired) electrons. The van der Waals surface area contributed by atoms with Crippen LogP contribution in [0.25, 0.3) is 22.4 Å². The summed E-state index contributed by atoms with van der Waals surface area (Å²) in [6.45, 7) is 1.22. The first kappa shape index (κ1) is 19.8. The third-order valence-corrected chi connectivity index (χ3v) is 4.98. The van der Waals surface area contributed by atoms with Crippen LogP contribution in [0.4, 0.5) is 0 Å². The highest BCUT2D eigenvalue weighted by Gasteiger charge is 2.17. The van der Waals surface area contributed by atoms with Gasteiger partial charge >= 0.3 is 0 Å². The molecule has 0 saturated carbocycles. The molecule has 0 spiro atoms. The molecular weight excluding hydrogens is 382 g/mol. The molecule has 0 amide bonds. The molecule has 2 heterocycles. The first-order valence-electron chi connectivity index (χ1n) is 9.64. The molecule has 0 unspecified atom stereocenters.